The van der Waals surface area contributed by atoms with Crippen LogP contribution in [0.5, 0.6) is 0 Å². The second-order valence-electron chi connectivity index (χ2n) is 37.5. The van der Waals surface area contributed by atoms with Gasteiger partial charge < -0.3 is 85.6 Å². The Labute approximate surface area is 634 Å². The van der Waals surface area contributed by atoms with Crippen molar-refractivity contribution in [3.05, 3.63) is 24.7 Å². The molecule has 22 fully saturated rings. The van der Waals surface area contributed by atoms with Crippen molar-refractivity contribution in [3.8, 4) is 0 Å². The van der Waals surface area contributed by atoms with Crippen LogP contribution < -0.4 is 0 Å². The molecule has 0 amide bonds. The lowest BCUT2D eigenvalue weighted by Crippen LogP contribution is -2.58. The first-order valence-corrected chi connectivity index (χ1v) is 43.6. The SMILES string of the molecule is C1CC2OC2CC1C1COC(C2CCC3OC3C2)OC1.C1CC2OC2CC1C1OC2(CCC3OC3C2)O1.C1CC2OC2CC1CC1CCC2OC2C1.C=C(CCCC(=O)OCC1CC2OC2CC1C)OOCC1CC2OC2CC1C.C=C(CCCCC(=O)OCC1CCC2OC2C1)OOCC1CCC2OC2C1. The van der Waals surface area contributed by atoms with Gasteiger partial charge in [0.1, 0.15) is 11.5 Å². The molecular formula is C85H128O22. The Hall–Kier alpha value is -2.62. The molecule has 1 spiro atoms. The van der Waals surface area contributed by atoms with Gasteiger partial charge >= 0.3 is 11.9 Å². The summed E-state index contributed by atoms with van der Waals surface area (Å²) in [6, 6.07) is 0. The van der Waals surface area contributed by atoms with Crippen molar-refractivity contribution in [1.82, 2.24) is 0 Å². The van der Waals surface area contributed by atoms with E-state index in [9.17, 15) is 9.59 Å². The molecule has 0 radical (unpaired) electrons. The lowest BCUT2D eigenvalue weighted by atomic mass is 9.78. The van der Waals surface area contributed by atoms with E-state index in [0.717, 1.165) is 140 Å². The Bertz CT molecular complexity index is 2930. The van der Waals surface area contributed by atoms with Gasteiger partial charge in [-0.1, -0.05) is 27.0 Å². The zero-order chi connectivity index (χ0) is 72.3. The van der Waals surface area contributed by atoms with Gasteiger partial charge in [-0.25, -0.2) is 0 Å². The van der Waals surface area contributed by atoms with Crippen molar-refractivity contribution in [2.24, 2.45) is 71.0 Å². The summed E-state index contributed by atoms with van der Waals surface area (Å²) in [7, 11) is 0. The lowest BCUT2D eigenvalue weighted by molar-refractivity contribution is -0.471. The number of allylic oxidation sites excluding steroid dienone is 2. The monoisotopic (exact) mass is 1500 g/mol. The maximum atomic E-state index is 12.0. The number of carbonyl (C=O) groups is 2. The fraction of sp³-hybridized carbons (Fsp3) is 0.929. The highest BCUT2D eigenvalue weighted by atomic mass is 17.2. The molecule has 107 heavy (non-hydrogen) atoms. The summed E-state index contributed by atoms with van der Waals surface area (Å²) >= 11 is 0. The number of hydrogen-bond acceptors (Lipinski definition) is 22. The standard InChI is InChI=1S/C22H34O6.C21H32O6.C16H24O4.C13H18O4.C13H20O2/c1-13-7-18-20(26-18)9-16(13)11-24-22(23)6-4-5-15(3)28-25-12-17-10-21-19(27-21)8-14(17)2;1-14(27-24-13-16-7-9-18-20(11-16)26-18)4-2-3-5-21(22)23-12-15-6-8-17-19(10-15)25-17;1-3-12-14(19-12)5-9(1)11-7-17-16(18-8-11)10-2-4-13-15(6-10)20-13;1-2-8-10(14-8)5-7(1)12-16-13(17-12)4-3-9-11(6-13)15-9;1-3-10-12(14-10)6-8(1)5-9-2-4-11-13(7-9)15-11/h13-14,16-21H,3-12H2,1-2H3;15-20H,1-13H2;9-16H,1-8H2;7-12H,1-6H2;8-13H,1-7H2. The van der Waals surface area contributed by atoms with E-state index in [2.05, 4.69) is 27.0 Å². The van der Waals surface area contributed by atoms with Crippen molar-refractivity contribution in [3.63, 3.8) is 0 Å². The lowest BCUT2D eigenvalue weighted by Gasteiger charge is -2.51. The third-order valence-electron chi connectivity index (χ3n) is 29.4. The summed E-state index contributed by atoms with van der Waals surface area (Å²) in [6.07, 6.45) is 49.7. The van der Waals surface area contributed by atoms with Crippen LogP contribution in [0.4, 0.5) is 0 Å². The highest BCUT2D eigenvalue weighted by Gasteiger charge is 2.61. The van der Waals surface area contributed by atoms with Gasteiger partial charge in [0.25, 0.3) is 0 Å². The van der Waals surface area contributed by atoms with Crippen LogP contribution in [-0.4, -0.2) is 192 Å². The average Bonchev–Trinajstić information content (AvgIpc) is 1.63. The van der Waals surface area contributed by atoms with Gasteiger partial charge in [0.05, 0.1) is 162 Å². The van der Waals surface area contributed by atoms with Crippen molar-refractivity contribution in [1.29, 1.82) is 0 Å². The predicted octanol–water partition coefficient (Wildman–Crippen LogP) is 13.7. The molecule has 10 aliphatic carbocycles. The Kier molecular flexibility index (Phi) is 23.8. The number of unbranched alkanes of at least 4 members (excludes halogenated alkanes) is 1. The second-order valence-corrected chi connectivity index (χ2v) is 37.5. The van der Waals surface area contributed by atoms with E-state index < -0.39 is 0 Å². The quantitative estimate of drug-likeness (QED) is 0.0195. The van der Waals surface area contributed by atoms with Crippen LogP contribution >= 0.6 is 0 Å². The van der Waals surface area contributed by atoms with Gasteiger partial charge in [-0.3, -0.25) is 9.59 Å². The molecule has 0 aromatic heterocycles. The third kappa shape index (κ3) is 20.7. The summed E-state index contributed by atoms with van der Waals surface area (Å²) in [6.45, 7) is 16.2. The zero-order valence-corrected chi connectivity index (χ0v) is 64.2. The second kappa shape index (κ2) is 33.7. The first kappa shape index (κ1) is 75.7. The number of epoxide rings is 10. The number of ether oxygens (including phenoxy) is 16. The molecule has 0 N–H and O–H groups in total. The van der Waals surface area contributed by atoms with Crippen LogP contribution in [0.3, 0.4) is 0 Å². The Morgan fingerprint density at radius 1 is 0.346 bits per heavy atom. The number of hydrogen-bond donors (Lipinski definition) is 0. The van der Waals surface area contributed by atoms with Gasteiger partial charge in [-0.2, -0.15) is 9.78 Å². The summed E-state index contributed by atoms with van der Waals surface area (Å²) in [5.41, 5.74) is 0. The van der Waals surface area contributed by atoms with Crippen molar-refractivity contribution in [2.75, 3.05) is 39.6 Å². The van der Waals surface area contributed by atoms with E-state index in [-0.39, 0.29) is 30.3 Å². The number of esters is 2. The van der Waals surface area contributed by atoms with Crippen molar-refractivity contribution < 1.29 is 105 Å². The molecule has 31 atom stereocenters. The molecule has 22 rings (SSSR count). The summed E-state index contributed by atoms with van der Waals surface area (Å²) in [5, 5.41) is 0. The number of fused-ring (bicyclic) bond motifs is 10. The van der Waals surface area contributed by atoms with E-state index in [1.807, 2.05) is 0 Å². The topological polar surface area (TPSA) is 252 Å². The van der Waals surface area contributed by atoms with E-state index in [1.54, 1.807) is 0 Å². The molecule has 0 aromatic carbocycles. The van der Waals surface area contributed by atoms with Gasteiger partial charge in [-0.15, -0.1) is 0 Å². The Balaban J connectivity index is 0.0000000961. The van der Waals surface area contributed by atoms with Gasteiger partial charge in [0.2, 0.25) is 0 Å². The highest BCUT2D eigenvalue weighted by molar-refractivity contribution is 5.69. The smallest absolute Gasteiger partial charge is 0.305 e. The molecule has 12 saturated heterocycles. The minimum atomic E-state index is -0.274. The minimum absolute atomic E-state index is 0.0323. The van der Waals surface area contributed by atoms with E-state index in [0.29, 0.717) is 245 Å². The minimum Gasteiger partial charge on any atom is -0.465 e. The fourth-order valence-electron chi connectivity index (χ4n) is 21.6. The van der Waals surface area contributed by atoms with Gasteiger partial charge in [0, 0.05) is 56.3 Å². The molecule has 10 saturated carbocycles. The summed E-state index contributed by atoms with van der Waals surface area (Å²) < 4.78 is 91.0. The molecule has 600 valence electrons. The van der Waals surface area contributed by atoms with Crippen molar-refractivity contribution in [2.45, 2.75) is 385 Å². The van der Waals surface area contributed by atoms with E-state index >= 15 is 0 Å². The first-order valence-electron chi connectivity index (χ1n) is 43.6. The largest absolute Gasteiger partial charge is 0.465 e. The predicted molar refractivity (Wildman–Crippen MR) is 385 cm³/mol. The summed E-state index contributed by atoms with van der Waals surface area (Å²) in [5.74, 6) is 8.12. The number of carbonyl (C=O) groups excluding carboxylic acids is 2. The highest BCUT2D eigenvalue weighted by Crippen LogP contribution is 2.55. The molecule has 22 nitrogen and oxygen atoms in total. The normalized spacial score (nSPS) is 48.7. The van der Waals surface area contributed by atoms with E-state index in [1.165, 1.54) is 89.9 Å². The zero-order valence-electron chi connectivity index (χ0n) is 64.2. The molecule has 22 aliphatic rings. The molecule has 12 heterocycles. The molecular weight excluding hydrogens is 1370 g/mol. The average molecular weight is 1500 g/mol. The Morgan fingerprint density at radius 2 is 0.729 bits per heavy atom. The summed E-state index contributed by atoms with van der Waals surface area (Å²) in [4.78, 5) is 45.2. The van der Waals surface area contributed by atoms with Crippen LogP contribution in [0.1, 0.15) is 245 Å². The van der Waals surface area contributed by atoms with Gasteiger partial charge in [0.15, 0.2) is 18.4 Å². The van der Waals surface area contributed by atoms with Crippen LogP contribution in [0.2, 0.25) is 0 Å². The fourth-order valence-corrected chi connectivity index (χ4v) is 21.6. The van der Waals surface area contributed by atoms with Crippen LogP contribution in [0, 0.1) is 71.0 Å². The third-order valence-corrected chi connectivity index (χ3v) is 29.4. The van der Waals surface area contributed by atoms with E-state index in [4.69, 9.17) is 95.3 Å². The van der Waals surface area contributed by atoms with Crippen LogP contribution in [0.15, 0.2) is 24.7 Å². The number of rotatable bonds is 26. The molecule has 12 aliphatic heterocycles. The van der Waals surface area contributed by atoms with Crippen LogP contribution in [0.25, 0.3) is 0 Å². The maximum absolute atomic E-state index is 12.0. The molecule has 31 unspecified atom stereocenters. The Morgan fingerprint density at radius 3 is 1.26 bits per heavy atom. The molecule has 22 heteroatoms. The first-order chi connectivity index (χ1) is 52.2. The van der Waals surface area contributed by atoms with Crippen LogP contribution in [-0.2, 0) is 105 Å². The molecule has 0 bridgehead atoms. The maximum Gasteiger partial charge on any atom is 0.305 e. The van der Waals surface area contributed by atoms with Gasteiger partial charge in [-0.05, 0) is 246 Å². The van der Waals surface area contributed by atoms with Crippen molar-refractivity contribution >= 4 is 11.9 Å². The molecule has 0 aromatic rings.